The maximum atomic E-state index is 6.42. The molecular formula is C43H27N5O. The van der Waals surface area contributed by atoms with Crippen molar-refractivity contribution in [2.75, 3.05) is 0 Å². The van der Waals surface area contributed by atoms with Crippen LogP contribution in [0.1, 0.15) is 0 Å². The van der Waals surface area contributed by atoms with Gasteiger partial charge < -0.3 is 4.42 Å². The molecule has 0 saturated heterocycles. The maximum absolute atomic E-state index is 6.42. The first-order chi connectivity index (χ1) is 24.3. The first-order valence-electron chi connectivity index (χ1n) is 16.1. The summed E-state index contributed by atoms with van der Waals surface area (Å²) in [7, 11) is 0. The molecule has 0 aliphatic heterocycles. The topological polar surface area (TPSA) is 77.6 Å². The van der Waals surface area contributed by atoms with Gasteiger partial charge in [-0.25, -0.2) is 24.9 Å². The van der Waals surface area contributed by atoms with Crippen LogP contribution in [0.2, 0.25) is 0 Å². The molecule has 6 heteroatoms. The summed E-state index contributed by atoms with van der Waals surface area (Å²) < 4.78 is 6.42. The number of fused-ring (bicyclic) bond motifs is 3. The van der Waals surface area contributed by atoms with Crippen molar-refractivity contribution in [1.29, 1.82) is 0 Å². The molecule has 230 valence electrons. The Hall–Kier alpha value is -6.79. The quantitative estimate of drug-likeness (QED) is 0.182. The summed E-state index contributed by atoms with van der Waals surface area (Å²) in [5.74, 6) is 2.48. The lowest BCUT2D eigenvalue weighted by Crippen LogP contribution is -2.00. The molecule has 3 heterocycles. The third kappa shape index (κ3) is 5.41. The second-order valence-electron chi connectivity index (χ2n) is 11.7. The molecule has 9 aromatic rings. The van der Waals surface area contributed by atoms with Gasteiger partial charge in [-0.1, -0.05) is 133 Å². The van der Waals surface area contributed by atoms with E-state index in [-0.39, 0.29) is 0 Å². The predicted octanol–water partition coefficient (Wildman–Crippen LogP) is 10.6. The lowest BCUT2D eigenvalue weighted by atomic mass is 10.0. The molecule has 0 fully saturated rings. The van der Waals surface area contributed by atoms with Crippen molar-refractivity contribution in [3.8, 4) is 68.1 Å². The fourth-order valence-corrected chi connectivity index (χ4v) is 6.18. The highest BCUT2D eigenvalue weighted by Gasteiger charge is 2.19. The molecule has 0 spiro atoms. The molecule has 0 N–H and O–H groups in total. The van der Waals surface area contributed by atoms with E-state index in [2.05, 4.69) is 30.3 Å². The van der Waals surface area contributed by atoms with E-state index < -0.39 is 0 Å². The van der Waals surface area contributed by atoms with Crippen molar-refractivity contribution < 1.29 is 4.42 Å². The Labute approximate surface area is 282 Å². The van der Waals surface area contributed by atoms with E-state index in [4.69, 9.17) is 29.3 Å². The molecule has 3 aromatic heterocycles. The van der Waals surface area contributed by atoms with Gasteiger partial charge in [0, 0.05) is 44.2 Å². The van der Waals surface area contributed by atoms with Crippen LogP contribution in [0.5, 0.6) is 0 Å². The van der Waals surface area contributed by atoms with Gasteiger partial charge in [0.05, 0.1) is 11.4 Å². The molecule has 0 amide bonds. The first kappa shape index (κ1) is 28.4. The van der Waals surface area contributed by atoms with E-state index in [1.54, 1.807) is 0 Å². The second-order valence-corrected chi connectivity index (χ2v) is 11.7. The van der Waals surface area contributed by atoms with Gasteiger partial charge in [-0.15, -0.1) is 0 Å². The van der Waals surface area contributed by atoms with Gasteiger partial charge in [0.15, 0.2) is 23.3 Å². The number of benzene rings is 6. The Morgan fingerprint density at radius 1 is 0.327 bits per heavy atom. The van der Waals surface area contributed by atoms with E-state index >= 15 is 0 Å². The molecule has 6 nitrogen and oxygen atoms in total. The summed E-state index contributed by atoms with van der Waals surface area (Å²) in [6.07, 6.45) is 0. The van der Waals surface area contributed by atoms with Gasteiger partial charge in [-0.2, -0.15) is 0 Å². The molecule has 0 aliphatic carbocycles. The van der Waals surface area contributed by atoms with E-state index in [9.17, 15) is 0 Å². The van der Waals surface area contributed by atoms with Crippen LogP contribution in [0.15, 0.2) is 168 Å². The summed E-state index contributed by atoms with van der Waals surface area (Å²) in [6, 6.07) is 54.6. The Balaban J connectivity index is 1.25. The van der Waals surface area contributed by atoms with Crippen LogP contribution < -0.4 is 0 Å². The lowest BCUT2D eigenvalue weighted by Gasteiger charge is -2.10. The van der Waals surface area contributed by atoms with Crippen molar-refractivity contribution in [2.45, 2.75) is 0 Å². The van der Waals surface area contributed by atoms with Crippen molar-refractivity contribution >= 4 is 21.9 Å². The minimum atomic E-state index is 0.584. The van der Waals surface area contributed by atoms with Gasteiger partial charge in [0.2, 0.25) is 0 Å². The maximum Gasteiger partial charge on any atom is 0.164 e. The number of furan rings is 1. The van der Waals surface area contributed by atoms with Crippen LogP contribution in [-0.4, -0.2) is 24.9 Å². The zero-order valence-electron chi connectivity index (χ0n) is 26.2. The van der Waals surface area contributed by atoms with E-state index in [1.807, 2.05) is 133 Å². The monoisotopic (exact) mass is 629 g/mol. The standard InChI is InChI=1S/C43H27N5O/c1-5-14-28(15-6-1)35-27-36(45-40(44-35)29-16-7-2-8-17-29)33-22-13-23-38-39(33)34-26-32(24-25-37(34)49-38)43-47-41(30-18-9-3-10-19-30)46-42(48-43)31-20-11-4-12-21-31/h1-27H. The highest BCUT2D eigenvalue weighted by atomic mass is 16.3. The van der Waals surface area contributed by atoms with Crippen molar-refractivity contribution in [1.82, 2.24) is 24.9 Å². The third-order valence-corrected chi connectivity index (χ3v) is 8.56. The largest absolute Gasteiger partial charge is 0.456 e. The van der Waals surface area contributed by atoms with Gasteiger partial charge in [0.1, 0.15) is 11.2 Å². The Bertz CT molecular complexity index is 2470. The van der Waals surface area contributed by atoms with Crippen LogP contribution in [-0.2, 0) is 0 Å². The zero-order valence-corrected chi connectivity index (χ0v) is 26.2. The Morgan fingerprint density at radius 3 is 1.39 bits per heavy atom. The molecular weight excluding hydrogens is 603 g/mol. The summed E-state index contributed by atoms with van der Waals surface area (Å²) in [6.45, 7) is 0. The number of nitrogens with zero attached hydrogens (tertiary/aromatic N) is 5. The summed E-state index contributed by atoms with van der Waals surface area (Å²) >= 11 is 0. The Kier molecular flexibility index (Phi) is 7.02. The zero-order chi connectivity index (χ0) is 32.6. The highest BCUT2D eigenvalue weighted by molar-refractivity contribution is 6.13. The fourth-order valence-electron chi connectivity index (χ4n) is 6.18. The minimum Gasteiger partial charge on any atom is -0.456 e. The Morgan fingerprint density at radius 2 is 0.816 bits per heavy atom. The smallest absolute Gasteiger partial charge is 0.164 e. The molecule has 6 aromatic carbocycles. The van der Waals surface area contributed by atoms with Crippen molar-refractivity contribution in [3.05, 3.63) is 164 Å². The van der Waals surface area contributed by atoms with E-state index in [0.717, 1.165) is 66.7 Å². The molecule has 0 radical (unpaired) electrons. The van der Waals surface area contributed by atoms with Gasteiger partial charge in [0.25, 0.3) is 0 Å². The highest BCUT2D eigenvalue weighted by Crippen LogP contribution is 2.39. The number of aromatic nitrogens is 5. The predicted molar refractivity (Wildman–Crippen MR) is 195 cm³/mol. The normalized spacial score (nSPS) is 11.3. The molecule has 49 heavy (non-hydrogen) atoms. The van der Waals surface area contributed by atoms with Crippen LogP contribution in [0.25, 0.3) is 90.0 Å². The fraction of sp³-hybridized carbons (Fsp3) is 0. The minimum absolute atomic E-state index is 0.584. The van der Waals surface area contributed by atoms with Crippen molar-refractivity contribution in [3.63, 3.8) is 0 Å². The van der Waals surface area contributed by atoms with Crippen LogP contribution in [0.4, 0.5) is 0 Å². The molecule has 0 unspecified atom stereocenters. The average molecular weight is 630 g/mol. The second kappa shape index (κ2) is 12.1. The molecule has 0 atom stereocenters. The number of hydrogen-bond donors (Lipinski definition) is 0. The van der Waals surface area contributed by atoms with Crippen LogP contribution in [0.3, 0.4) is 0 Å². The molecule has 0 bridgehead atoms. The lowest BCUT2D eigenvalue weighted by molar-refractivity contribution is 0.669. The van der Waals surface area contributed by atoms with Gasteiger partial charge >= 0.3 is 0 Å². The van der Waals surface area contributed by atoms with E-state index in [0.29, 0.717) is 23.3 Å². The molecule has 0 saturated carbocycles. The number of rotatable bonds is 6. The SMILES string of the molecule is c1ccc(-c2cc(-c3cccc4oc5ccc(-c6nc(-c7ccccc7)nc(-c7ccccc7)n6)cc5c34)nc(-c3ccccc3)n2)cc1. The van der Waals surface area contributed by atoms with Gasteiger partial charge in [-0.05, 0) is 30.3 Å². The number of hydrogen-bond acceptors (Lipinski definition) is 6. The van der Waals surface area contributed by atoms with Crippen LogP contribution in [0, 0.1) is 0 Å². The molecule has 0 aliphatic rings. The third-order valence-electron chi connectivity index (χ3n) is 8.56. The van der Waals surface area contributed by atoms with Gasteiger partial charge in [-0.3, -0.25) is 0 Å². The average Bonchev–Trinajstić information content (AvgIpc) is 3.57. The summed E-state index contributed by atoms with van der Waals surface area (Å²) in [4.78, 5) is 24.9. The summed E-state index contributed by atoms with van der Waals surface area (Å²) in [5.41, 5.74) is 8.84. The van der Waals surface area contributed by atoms with Crippen LogP contribution >= 0.6 is 0 Å². The first-order valence-corrected chi connectivity index (χ1v) is 16.1. The van der Waals surface area contributed by atoms with Crippen molar-refractivity contribution in [2.24, 2.45) is 0 Å². The summed E-state index contributed by atoms with van der Waals surface area (Å²) in [5, 5.41) is 1.92. The van der Waals surface area contributed by atoms with E-state index in [1.165, 1.54) is 0 Å². The molecule has 9 rings (SSSR count).